The molecule has 1 saturated heterocycles. The Hall–Kier alpha value is -1.85. The summed E-state index contributed by atoms with van der Waals surface area (Å²) in [7, 11) is 0. The van der Waals surface area contributed by atoms with E-state index in [1.165, 1.54) is 116 Å². The smallest absolute Gasteiger partial charge is 0.220 e. The SMILES string of the molecule is CCCCCC/C=C/CC/C=C/CC/C=C/C(O)C(COC1OC(CO)C(O)C(O)C1O)NC(=O)CCCCCCCCC/C=C\CCCCCCCCCCCC. The van der Waals surface area contributed by atoms with E-state index in [1.54, 1.807) is 6.08 Å². The molecule has 1 rings (SSSR count). The third-order valence-corrected chi connectivity index (χ3v) is 11.1. The summed E-state index contributed by atoms with van der Waals surface area (Å²) in [5.74, 6) is -0.197. The van der Waals surface area contributed by atoms with Crippen LogP contribution in [0.15, 0.2) is 48.6 Å². The number of nitrogens with one attached hydrogen (secondary N) is 1. The number of carbonyl (C=O) groups excluding carboxylic acids is 1. The Morgan fingerprint density at radius 3 is 1.47 bits per heavy atom. The summed E-state index contributed by atoms with van der Waals surface area (Å²) in [5.41, 5.74) is 0. The Labute approximate surface area is 354 Å². The lowest BCUT2D eigenvalue weighted by Crippen LogP contribution is -2.60. The molecule has 0 aromatic heterocycles. The molecule has 338 valence electrons. The third-order valence-electron chi connectivity index (χ3n) is 11.1. The molecule has 0 spiro atoms. The number of allylic oxidation sites excluding steroid dienone is 7. The second kappa shape index (κ2) is 39.3. The number of hydrogen-bond donors (Lipinski definition) is 6. The summed E-state index contributed by atoms with van der Waals surface area (Å²) < 4.78 is 11.2. The van der Waals surface area contributed by atoms with E-state index in [0.717, 1.165) is 64.2 Å². The van der Waals surface area contributed by atoms with Crippen molar-refractivity contribution in [2.24, 2.45) is 0 Å². The number of amides is 1. The first-order chi connectivity index (χ1) is 28.3. The van der Waals surface area contributed by atoms with Gasteiger partial charge in [0.2, 0.25) is 5.91 Å². The van der Waals surface area contributed by atoms with Gasteiger partial charge < -0.3 is 40.3 Å². The fraction of sp³-hybridized carbons (Fsp3) is 0.816. The Balaban J connectivity index is 2.34. The van der Waals surface area contributed by atoms with Gasteiger partial charge in [-0.05, 0) is 70.6 Å². The van der Waals surface area contributed by atoms with Crippen LogP contribution in [0.4, 0.5) is 0 Å². The third kappa shape index (κ3) is 29.4. The maximum atomic E-state index is 13.0. The average molecular weight is 820 g/mol. The van der Waals surface area contributed by atoms with E-state index in [-0.39, 0.29) is 12.5 Å². The molecule has 1 amide bonds. The van der Waals surface area contributed by atoms with Gasteiger partial charge in [0, 0.05) is 6.42 Å². The molecule has 1 fully saturated rings. The number of carbonyl (C=O) groups is 1. The number of aliphatic hydroxyl groups excluding tert-OH is 5. The van der Waals surface area contributed by atoms with Gasteiger partial charge in [0.15, 0.2) is 6.29 Å². The van der Waals surface area contributed by atoms with E-state index in [4.69, 9.17) is 9.47 Å². The molecule has 0 bridgehead atoms. The summed E-state index contributed by atoms with van der Waals surface area (Å²) in [4.78, 5) is 13.0. The number of rotatable bonds is 39. The van der Waals surface area contributed by atoms with E-state index < -0.39 is 49.5 Å². The van der Waals surface area contributed by atoms with Crippen molar-refractivity contribution in [3.8, 4) is 0 Å². The topological polar surface area (TPSA) is 149 Å². The second-order valence-electron chi connectivity index (χ2n) is 16.5. The van der Waals surface area contributed by atoms with Gasteiger partial charge in [0.1, 0.15) is 24.4 Å². The molecule has 58 heavy (non-hydrogen) atoms. The Morgan fingerprint density at radius 1 is 0.569 bits per heavy atom. The van der Waals surface area contributed by atoms with Crippen LogP contribution < -0.4 is 5.32 Å². The second-order valence-corrected chi connectivity index (χ2v) is 16.5. The van der Waals surface area contributed by atoms with Gasteiger partial charge in [-0.1, -0.05) is 172 Å². The van der Waals surface area contributed by atoms with Crippen molar-refractivity contribution >= 4 is 5.91 Å². The summed E-state index contributed by atoms with van der Waals surface area (Å²) in [5, 5.41) is 54.2. The lowest BCUT2D eigenvalue weighted by molar-refractivity contribution is -0.302. The van der Waals surface area contributed by atoms with Crippen LogP contribution in [0.3, 0.4) is 0 Å². The van der Waals surface area contributed by atoms with Gasteiger partial charge in [-0.2, -0.15) is 0 Å². The lowest BCUT2D eigenvalue weighted by Gasteiger charge is -2.40. The zero-order valence-corrected chi connectivity index (χ0v) is 37.0. The van der Waals surface area contributed by atoms with Crippen LogP contribution >= 0.6 is 0 Å². The highest BCUT2D eigenvalue weighted by Gasteiger charge is 2.44. The van der Waals surface area contributed by atoms with Gasteiger partial charge in [-0.15, -0.1) is 0 Å². The predicted octanol–water partition coefficient (Wildman–Crippen LogP) is 10.2. The molecule has 0 aromatic carbocycles. The first-order valence-corrected chi connectivity index (χ1v) is 23.9. The van der Waals surface area contributed by atoms with E-state index in [0.29, 0.717) is 6.42 Å². The van der Waals surface area contributed by atoms with Crippen LogP contribution in [-0.2, 0) is 14.3 Å². The fourth-order valence-electron chi connectivity index (χ4n) is 7.24. The van der Waals surface area contributed by atoms with Gasteiger partial charge in [-0.25, -0.2) is 0 Å². The molecule has 9 nitrogen and oxygen atoms in total. The Kier molecular flexibility index (Phi) is 36.7. The van der Waals surface area contributed by atoms with Gasteiger partial charge in [0.05, 0.1) is 25.4 Å². The van der Waals surface area contributed by atoms with Crippen molar-refractivity contribution in [1.29, 1.82) is 0 Å². The zero-order valence-electron chi connectivity index (χ0n) is 37.0. The first-order valence-electron chi connectivity index (χ1n) is 23.9. The van der Waals surface area contributed by atoms with Crippen LogP contribution in [0.5, 0.6) is 0 Å². The standard InChI is InChI=1S/C49H89NO8/c1-3-5-7-9-11-13-15-17-19-20-21-22-23-24-25-27-29-31-33-35-37-39-45(53)50-42(41-57-49-48(56)47(55)46(54)44(40-51)58-49)43(52)38-36-34-32-30-28-26-18-16-14-12-10-8-6-4-2/h14,16,22-23,28,30,36,38,42-44,46-49,51-52,54-56H,3-13,15,17-21,24-27,29,31-35,37,39-41H2,1-2H3,(H,50,53)/b16-14+,23-22-,30-28+,38-36+. The minimum absolute atomic E-state index is 0.197. The highest BCUT2D eigenvalue weighted by Crippen LogP contribution is 2.22. The van der Waals surface area contributed by atoms with Crippen molar-refractivity contribution < 1.29 is 39.8 Å². The minimum Gasteiger partial charge on any atom is -0.394 e. The molecule has 1 heterocycles. The normalized spacial score (nSPS) is 21.3. The van der Waals surface area contributed by atoms with Crippen LogP contribution in [0.25, 0.3) is 0 Å². The first kappa shape index (κ1) is 54.2. The Morgan fingerprint density at radius 2 is 0.983 bits per heavy atom. The number of ether oxygens (including phenoxy) is 2. The van der Waals surface area contributed by atoms with Crippen molar-refractivity contribution in [2.75, 3.05) is 13.2 Å². The highest BCUT2D eigenvalue weighted by molar-refractivity contribution is 5.76. The summed E-state index contributed by atoms with van der Waals surface area (Å²) >= 11 is 0. The summed E-state index contributed by atoms with van der Waals surface area (Å²) in [6, 6.07) is -0.829. The average Bonchev–Trinajstić information content (AvgIpc) is 3.22. The largest absolute Gasteiger partial charge is 0.394 e. The predicted molar refractivity (Wildman–Crippen MR) is 239 cm³/mol. The quantitative estimate of drug-likeness (QED) is 0.0265. The van der Waals surface area contributed by atoms with Crippen molar-refractivity contribution in [3.63, 3.8) is 0 Å². The molecule has 7 unspecified atom stereocenters. The molecule has 6 N–H and O–H groups in total. The van der Waals surface area contributed by atoms with Crippen LogP contribution in [0.1, 0.15) is 200 Å². The van der Waals surface area contributed by atoms with Gasteiger partial charge in [0.25, 0.3) is 0 Å². The summed E-state index contributed by atoms with van der Waals surface area (Å²) in [6.07, 6.45) is 43.0. The maximum absolute atomic E-state index is 13.0. The van der Waals surface area contributed by atoms with Gasteiger partial charge in [-0.3, -0.25) is 4.79 Å². The molecule has 1 aliphatic heterocycles. The molecule has 0 aliphatic carbocycles. The number of hydrogen-bond acceptors (Lipinski definition) is 8. The van der Waals surface area contributed by atoms with Crippen LogP contribution in [0.2, 0.25) is 0 Å². The lowest BCUT2D eigenvalue weighted by atomic mass is 9.99. The van der Waals surface area contributed by atoms with Gasteiger partial charge >= 0.3 is 0 Å². The van der Waals surface area contributed by atoms with E-state index in [1.807, 2.05) is 6.08 Å². The molecule has 0 aromatic rings. The molecule has 1 aliphatic rings. The number of aliphatic hydroxyl groups is 5. The zero-order chi connectivity index (χ0) is 42.3. The molecular weight excluding hydrogens is 731 g/mol. The van der Waals surface area contributed by atoms with Crippen molar-refractivity contribution in [1.82, 2.24) is 5.32 Å². The maximum Gasteiger partial charge on any atom is 0.220 e. The molecular formula is C49H89NO8. The Bertz CT molecular complexity index is 1050. The van der Waals surface area contributed by atoms with Crippen LogP contribution in [0, 0.1) is 0 Å². The van der Waals surface area contributed by atoms with E-state index in [9.17, 15) is 30.3 Å². The van der Waals surface area contributed by atoms with Crippen molar-refractivity contribution in [2.45, 2.75) is 243 Å². The highest BCUT2D eigenvalue weighted by atomic mass is 16.7. The summed E-state index contributed by atoms with van der Waals surface area (Å²) in [6.45, 7) is 3.72. The monoisotopic (exact) mass is 820 g/mol. The van der Waals surface area contributed by atoms with Crippen molar-refractivity contribution in [3.05, 3.63) is 48.6 Å². The van der Waals surface area contributed by atoms with Crippen LogP contribution in [-0.4, -0.2) is 87.5 Å². The van der Waals surface area contributed by atoms with E-state index in [2.05, 4.69) is 55.6 Å². The fourth-order valence-corrected chi connectivity index (χ4v) is 7.24. The molecule has 0 radical (unpaired) electrons. The molecule has 9 heteroatoms. The minimum atomic E-state index is -1.57. The molecule has 0 saturated carbocycles. The number of unbranched alkanes of at least 4 members (excludes halogenated alkanes) is 23. The molecule has 7 atom stereocenters. The van der Waals surface area contributed by atoms with E-state index >= 15 is 0 Å².